The molecule has 1 aliphatic heterocycles. The van der Waals surface area contributed by atoms with E-state index in [2.05, 4.69) is 10.0 Å². The van der Waals surface area contributed by atoms with E-state index >= 15 is 0 Å². The Morgan fingerprint density at radius 1 is 1.19 bits per heavy atom. The molecule has 0 amide bonds. The van der Waals surface area contributed by atoms with Gasteiger partial charge in [-0.15, -0.1) is 0 Å². The van der Waals surface area contributed by atoms with Gasteiger partial charge in [-0.3, -0.25) is 4.72 Å². The van der Waals surface area contributed by atoms with E-state index in [0.717, 1.165) is 24.2 Å². The van der Waals surface area contributed by atoms with Crippen LogP contribution in [0.2, 0.25) is 0 Å². The van der Waals surface area contributed by atoms with Gasteiger partial charge in [0, 0.05) is 17.9 Å². The lowest BCUT2D eigenvalue weighted by Crippen LogP contribution is -2.13. The van der Waals surface area contributed by atoms with Crippen molar-refractivity contribution in [1.82, 2.24) is 0 Å². The van der Waals surface area contributed by atoms with Crippen LogP contribution in [0, 0.1) is 12.7 Å². The van der Waals surface area contributed by atoms with Crippen molar-refractivity contribution in [1.29, 1.82) is 0 Å². The summed E-state index contributed by atoms with van der Waals surface area (Å²) < 4.78 is 40.4. The third kappa shape index (κ3) is 2.71. The van der Waals surface area contributed by atoms with Crippen molar-refractivity contribution < 1.29 is 12.8 Å². The summed E-state index contributed by atoms with van der Waals surface area (Å²) in [4.78, 5) is 0.192. The number of anilines is 2. The van der Waals surface area contributed by atoms with Crippen LogP contribution in [0.15, 0.2) is 41.3 Å². The van der Waals surface area contributed by atoms with Crippen molar-refractivity contribution in [3.05, 3.63) is 53.3 Å². The van der Waals surface area contributed by atoms with Crippen molar-refractivity contribution in [3.8, 4) is 0 Å². The van der Waals surface area contributed by atoms with Gasteiger partial charge in [0.05, 0.1) is 4.90 Å². The molecule has 0 unspecified atom stereocenters. The Labute approximate surface area is 123 Å². The topological polar surface area (TPSA) is 58.2 Å². The molecule has 6 heteroatoms. The molecule has 0 spiro atoms. The fourth-order valence-corrected chi connectivity index (χ4v) is 3.43. The third-order valence-electron chi connectivity index (χ3n) is 3.51. The van der Waals surface area contributed by atoms with Gasteiger partial charge in [-0.05, 0) is 54.8 Å². The van der Waals surface area contributed by atoms with Gasteiger partial charge in [-0.2, -0.15) is 0 Å². The molecule has 0 radical (unpaired) electrons. The van der Waals surface area contributed by atoms with Crippen LogP contribution in [-0.2, 0) is 16.4 Å². The minimum Gasteiger partial charge on any atom is -0.384 e. The van der Waals surface area contributed by atoms with E-state index in [4.69, 9.17) is 0 Å². The zero-order valence-electron chi connectivity index (χ0n) is 11.5. The minimum atomic E-state index is -3.68. The highest BCUT2D eigenvalue weighted by Gasteiger charge is 2.18. The smallest absolute Gasteiger partial charge is 0.261 e. The van der Waals surface area contributed by atoms with E-state index in [0.29, 0.717) is 11.3 Å². The molecular formula is C15H15FN2O2S. The Hall–Kier alpha value is -2.08. The van der Waals surface area contributed by atoms with Gasteiger partial charge in [0.1, 0.15) is 5.82 Å². The maximum Gasteiger partial charge on any atom is 0.261 e. The number of aryl methyl sites for hydroxylation is 1. The highest BCUT2D eigenvalue weighted by molar-refractivity contribution is 7.92. The van der Waals surface area contributed by atoms with Crippen LogP contribution in [0.25, 0.3) is 0 Å². The Morgan fingerprint density at radius 2 is 2.00 bits per heavy atom. The first kappa shape index (κ1) is 13.9. The Morgan fingerprint density at radius 3 is 2.76 bits per heavy atom. The molecule has 0 saturated carbocycles. The number of sulfonamides is 1. The van der Waals surface area contributed by atoms with Crippen LogP contribution in [0.5, 0.6) is 0 Å². The van der Waals surface area contributed by atoms with Gasteiger partial charge < -0.3 is 5.32 Å². The van der Waals surface area contributed by atoms with Crippen molar-refractivity contribution in [3.63, 3.8) is 0 Å². The number of hydrogen-bond acceptors (Lipinski definition) is 3. The fraction of sp³-hybridized carbons (Fsp3) is 0.200. The first-order valence-corrected chi connectivity index (χ1v) is 8.10. The molecule has 4 nitrogen and oxygen atoms in total. The summed E-state index contributed by atoms with van der Waals surface area (Å²) >= 11 is 0. The molecule has 0 bridgehead atoms. The largest absolute Gasteiger partial charge is 0.384 e. The second kappa shape index (κ2) is 5.04. The standard InChI is InChI=1S/C15H15FN2O2S/c1-10-8-12(3-5-14(10)16)18-21(19,20)13-4-2-11-6-7-17-15(11)9-13/h2-5,8-9,17-18H,6-7H2,1H3. The van der Waals surface area contributed by atoms with Crippen LogP contribution in [0.4, 0.5) is 15.8 Å². The molecule has 0 fully saturated rings. The zero-order chi connectivity index (χ0) is 15.0. The van der Waals surface area contributed by atoms with E-state index in [-0.39, 0.29) is 10.7 Å². The highest BCUT2D eigenvalue weighted by atomic mass is 32.2. The molecule has 3 rings (SSSR count). The van der Waals surface area contributed by atoms with Gasteiger partial charge >= 0.3 is 0 Å². The predicted octanol–water partition coefficient (Wildman–Crippen LogP) is 2.90. The molecule has 1 heterocycles. The first-order valence-electron chi connectivity index (χ1n) is 6.61. The maximum atomic E-state index is 13.2. The van der Waals surface area contributed by atoms with Gasteiger partial charge in [-0.1, -0.05) is 6.07 Å². The summed E-state index contributed by atoms with van der Waals surface area (Å²) in [6.07, 6.45) is 0.903. The lowest BCUT2D eigenvalue weighted by atomic mass is 10.2. The van der Waals surface area contributed by atoms with Crippen molar-refractivity contribution in [2.45, 2.75) is 18.2 Å². The van der Waals surface area contributed by atoms with Crippen LogP contribution in [-0.4, -0.2) is 15.0 Å². The molecule has 2 aromatic rings. The van der Waals surface area contributed by atoms with Crippen molar-refractivity contribution in [2.75, 3.05) is 16.6 Å². The Bertz CT molecular complexity index is 803. The van der Waals surface area contributed by atoms with E-state index < -0.39 is 10.0 Å². The maximum absolute atomic E-state index is 13.2. The molecule has 0 saturated heterocycles. The van der Waals surface area contributed by atoms with Crippen LogP contribution < -0.4 is 10.0 Å². The van der Waals surface area contributed by atoms with Gasteiger partial charge in [-0.25, -0.2) is 12.8 Å². The molecule has 110 valence electrons. The first-order chi connectivity index (χ1) is 9.95. The van der Waals surface area contributed by atoms with Crippen LogP contribution in [0.1, 0.15) is 11.1 Å². The number of nitrogens with one attached hydrogen (secondary N) is 2. The summed E-state index contributed by atoms with van der Waals surface area (Å²) in [5.74, 6) is -0.361. The van der Waals surface area contributed by atoms with E-state index in [1.54, 1.807) is 19.1 Å². The SMILES string of the molecule is Cc1cc(NS(=O)(=O)c2ccc3c(c2)NCC3)ccc1F. The lowest BCUT2D eigenvalue weighted by molar-refractivity contribution is 0.601. The second-order valence-corrected chi connectivity index (χ2v) is 6.75. The Kier molecular flexibility index (Phi) is 3.33. The molecule has 0 aromatic heterocycles. The van der Waals surface area contributed by atoms with Crippen molar-refractivity contribution in [2.24, 2.45) is 0 Å². The third-order valence-corrected chi connectivity index (χ3v) is 4.89. The summed E-state index contributed by atoms with van der Waals surface area (Å²) in [6, 6.07) is 9.16. The van der Waals surface area contributed by atoms with E-state index in [1.807, 2.05) is 6.07 Å². The number of benzene rings is 2. The molecule has 0 aliphatic carbocycles. The van der Waals surface area contributed by atoms with Crippen LogP contribution in [0.3, 0.4) is 0 Å². The highest BCUT2D eigenvalue weighted by Crippen LogP contribution is 2.26. The molecule has 0 atom stereocenters. The number of rotatable bonds is 3. The second-order valence-electron chi connectivity index (χ2n) is 5.07. The quantitative estimate of drug-likeness (QED) is 0.916. The van der Waals surface area contributed by atoms with Gasteiger partial charge in [0.2, 0.25) is 0 Å². The Balaban J connectivity index is 1.91. The van der Waals surface area contributed by atoms with E-state index in [9.17, 15) is 12.8 Å². The fourth-order valence-electron chi connectivity index (χ4n) is 2.36. The predicted molar refractivity (Wildman–Crippen MR) is 80.6 cm³/mol. The van der Waals surface area contributed by atoms with Crippen molar-refractivity contribution >= 4 is 21.4 Å². The van der Waals surface area contributed by atoms with E-state index in [1.165, 1.54) is 18.2 Å². The number of hydrogen-bond donors (Lipinski definition) is 2. The summed E-state index contributed by atoms with van der Waals surface area (Å²) in [5, 5.41) is 3.15. The summed E-state index contributed by atoms with van der Waals surface area (Å²) in [5.41, 5.74) is 2.72. The normalized spacial score (nSPS) is 13.6. The zero-order valence-corrected chi connectivity index (χ0v) is 12.3. The molecule has 2 aromatic carbocycles. The number of fused-ring (bicyclic) bond motifs is 1. The van der Waals surface area contributed by atoms with Gasteiger partial charge in [0.15, 0.2) is 0 Å². The monoisotopic (exact) mass is 306 g/mol. The minimum absolute atomic E-state index is 0.192. The van der Waals surface area contributed by atoms with Gasteiger partial charge in [0.25, 0.3) is 10.0 Å². The summed E-state index contributed by atoms with van der Waals surface area (Å²) in [7, 11) is -3.68. The average Bonchev–Trinajstić information content (AvgIpc) is 2.90. The lowest BCUT2D eigenvalue weighted by Gasteiger charge is -2.10. The summed E-state index contributed by atoms with van der Waals surface area (Å²) in [6.45, 7) is 2.41. The van der Waals surface area contributed by atoms with Crippen LogP contribution >= 0.6 is 0 Å². The average molecular weight is 306 g/mol. The molecular weight excluding hydrogens is 291 g/mol. The molecule has 2 N–H and O–H groups in total. The molecule has 21 heavy (non-hydrogen) atoms. The molecule has 1 aliphatic rings. The number of halogens is 1.